The summed E-state index contributed by atoms with van der Waals surface area (Å²) in [5.74, 6) is -0.0437. The molecular formula is C64H149NO5W. The van der Waals surface area contributed by atoms with Crippen LogP contribution in [-0.2, 0) is 30.6 Å². The number of hydrogen-bond acceptors (Lipinski definition) is 6. The van der Waals surface area contributed by atoms with Crippen molar-refractivity contribution in [3.05, 3.63) is 0 Å². The van der Waals surface area contributed by atoms with Crippen molar-refractivity contribution in [1.29, 1.82) is 0 Å². The molecule has 0 amide bonds. The quantitative estimate of drug-likeness (QED) is 0.0379. The fraction of sp³-hybridized carbons (Fsp3) is 0.984. The number of hydrogen-bond donors (Lipinski definition) is 4. The molecular weight excluding hydrogens is 1050 g/mol. The third kappa shape index (κ3) is 193. The van der Waals surface area contributed by atoms with Crippen LogP contribution in [0.1, 0.15) is 377 Å². The van der Waals surface area contributed by atoms with Crippen molar-refractivity contribution in [2.75, 3.05) is 26.3 Å². The van der Waals surface area contributed by atoms with Gasteiger partial charge in [-0.15, -0.1) is 0 Å². The summed E-state index contributed by atoms with van der Waals surface area (Å²) in [4.78, 5) is 11.1. The Labute approximate surface area is 469 Å². The SMILES string of the molecule is CC.CCC.CCC.CCC.CCCCC(=O)OC(C)CCC.CCCCCCC.CCCCCCC.CCCCCCCC.CCCCCCC[C@H](O)CC.CCCNCCCCCCO.CCO.[W]. The van der Waals surface area contributed by atoms with Gasteiger partial charge in [-0.05, 0) is 71.9 Å². The molecule has 0 spiro atoms. The molecule has 0 rings (SSSR count). The average molecular weight is 1200 g/mol. The molecule has 6 nitrogen and oxygen atoms in total. The van der Waals surface area contributed by atoms with Crippen LogP contribution in [0.4, 0.5) is 0 Å². The molecule has 0 aliphatic rings. The number of carbonyl (C=O) groups is 1. The Balaban J connectivity index is -0.0000000561. The molecule has 0 saturated carbocycles. The number of unbranched alkanes of at least 4 members (excludes halogenated alkanes) is 21. The Kier molecular flexibility index (Phi) is 180. The van der Waals surface area contributed by atoms with E-state index in [1.165, 1.54) is 180 Å². The molecule has 0 aromatic rings. The monoisotopic (exact) mass is 1200 g/mol. The van der Waals surface area contributed by atoms with Crippen LogP contribution < -0.4 is 5.32 Å². The minimum Gasteiger partial charge on any atom is -0.463 e. The fourth-order valence-electron chi connectivity index (χ4n) is 5.48. The van der Waals surface area contributed by atoms with Crippen LogP contribution in [0.25, 0.3) is 0 Å². The van der Waals surface area contributed by atoms with Crippen molar-refractivity contribution < 1.29 is 45.9 Å². The van der Waals surface area contributed by atoms with Gasteiger partial charge in [-0.3, -0.25) is 4.79 Å². The third-order valence-electron chi connectivity index (χ3n) is 9.43. The van der Waals surface area contributed by atoms with Crippen LogP contribution in [0.3, 0.4) is 0 Å². The van der Waals surface area contributed by atoms with E-state index in [0.717, 1.165) is 58.0 Å². The Bertz CT molecular complexity index is 619. The fourth-order valence-corrected chi connectivity index (χ4v) is 5.48. The molecule has 71 heavy (non-hydrogen) atoms. The summed E-state index contributed by atoms with van der Waals surface area (Å²) >= 11 is 0. The number of carbonyl (C=O) groups excluding carboxylic acids is 1. The van der Waals surface area contributed by atoms with Crippen LogP contribution in [0.2, 0.25) is 0 Å². The van der Waals surface area contributed by atoms with Gasteiger partial charge in [-0.25, -0.2) is 0 Å². The maximum absolute atomic E-state index is 11.1. The molecule has 0 aromatic carbocycles. The number of aliphatic hydroxyl groups is 3. The molecule has 4 N–H and O–H groups in total. The van der Waals surface area contributed by atoms with Crippen molar-refractivity contribution in [3.63, 3.8) is 0 Å². The normalized spacial score (nSPS) is 9.86. The summed E-state index contributed by atoms with van der Waals surface area (Å²) in [5, 5.41) is 28.6. The van der Waals surface area contributed by atoms with E-state index < -0.39 is 0 Å². The molecule has 0 aromatic heterocycles. The van der Waals surface area contributed by atoms with Gasteiger partial charge in [0.1, 0.15) is 0 Å². The van der Waals surface area contributed by atoms with Crippen LogP contribution in [0.5, 0.6) is 0 Å². The van der Waals surface area contributed by atoms with E-state index in [0.29, 0.717) is 13.0 Å². The number of esters is 1. The van der Waals surface area contributed by atoms with Crippen molar-refractivity contribution in [1.82, 2.24) is 5.32 Å². The summed E-state index contributed by atoms with van der Waals surface area (Å²) in [7, 11) is 0. The molecule has 0 aliphatic heterocycles. The number of ether oxygens (including phenoxy) is 1. The Morgan fingerprint density at radius 2 is 0.704 bits per heavy atom. The first-order valence-corrected chi connectivity index (χ1v) is 31.6. The maximum Gasteiger partial charge on any atom is 0.306 e. The van der Waals surface area contributed by atoms with Crippen molar-refractivity contribution in [2.24, 2.45) is 0 Å². The molecule has 0 radical (unpaired) electrons. The Morgan fingerprint density at radius 3 is 0.986 bits per heavy atom. The van der Waals surface area contributed by atoms with Crippen LogP contribution in [-0.4, -0.2) is 59.8 Å². The minimum atomic E-state index is -0.0448. The Morgan fingerprint density at radius 1 is 0.408 bits per heavy atom. The molecule has 0 saturated heterocycles. The van der Waals surface area contributed by atoms with Crippen molar-refractivity contribution in [3.8, 4) is 0 Å². The van der Waals surface area contributed by atoms with Gasteiger partial charge in [0.15, 0.2) is 0 Å². The molecule has 7 heteroatoms. The topological polar surface area (TPSA) is 99.0 Å². The Hall–Kier alpha value is -0.00169. The van der Waals surface area contributed by atoms with E-state index in [2.05, 4.69) is 116 Å². The largest absolute Gasteiger partial charge is 0.463 e. The molecule has 2 atom stereocenters. The molecule has 0 fully saturated rings. The second kappa shape index (κ2) is 128. The number of nitrogens with one attached hydrogen (secondary N) is 1. The van der Waals surface area contributed by atoms with E-state index >= 15 is 0 Å². The van der Waals surface area contributed by atoms with Gasteiger partial charge < -0.3 is 25.4 Å². The van der Waals surface area contributed by atoms with E-state index in [4.69, 9.17) is 14.9 Å². The summed E-state index contributed by atoms with van der Waals surface area (Å²) in [5.41, 5.74) is 0. The zero-order chi connectivity index (χ0) is 56.4. The average Bonchev–Trinajstić information content (AvgIpc) is 3.35. The number of rotatable bonds is 34. The van der Waals surface area contributed by atoms with Gasteiger partial charge in [0.2, 0.25) is 0 Å². The zero-order valence-corrected chi connectivity index (χ0v) is 56.9. The first kappa shape index (κ1) is 99.9. The second-order valence-electron chi connectivity index (χ2n) is 18.3. The standard InChI is InChI=1S/C10H20O2.C10H22O.C9H21NO.C8H18.2C7H16.3C3H8.C2H6O.C2H6.W/c1-4-6-8-10(11)12-9(3)7-5-2;1-3-5-6-7-8-9-10(11)4-2;1-2-7-10-8-5-3-4-6-9-11;1-3-5-7-8-6-4-2;2*1-3-5-7-6-4-2;3*1-3-2;1-2-3;1-2;/h9H,4-8H2,1-3H3;10-11H,3-9H2,1-2H3;10-11H,2-9H2,1H3;3-8H2,1-2H3;2*3-7H2,1-2H3;3*3H2,1-2H3;3H,2H2,1H3;1-2H3;/t;10-;;;;;;;;;;/m.1........../s1. The van der Waals surface area contributed by atoms with Crippen LogP contribution >= 0.6 is 0 Å². The van der Waals surface area contributed by atoms with Gasteiger partial charge in [-0.1, -0.05) is 311 Å². The summed E-state index contributed by atoms with van der Waals surface area (Å²) in [6, 6.07) is 0. The predicted molar refractivity (Wildman–Crippen MR) is 328 cm³/mol. The zero-order valence-electron chi connectivity index (χ0n) is 54.0. The smallest absolute Gasteiger partial charge is 0.306 e. The van der Waals surface area contributed by atoms with Gasteiger partial charge in [0.25, 0.3) is 0 Å². The molecule has 446 valence electrons. The van der Waals surface area contributed by atoms with Gasteiger partial charge in [-0.2, -0.15) is 0 Å². The molecule has 0 aliphatic carbocycles. The summed E-state index contributed by atoms with van der Waals surface area (Å²) in [6.07, 6.45) is 45.2. The first-order valence-electron chi connectivity index (χ1n) is 31.6. The minimum absolute atomic E-state index is 0. The second-order valence-corrected chi connectivity index (χ2v) is 18.3. The summed E-state index contributed by atoms with van der Waals surface area (Å²) < 4.78 is 5.15. The maximum atomic E-state index is 11.1. The van der Waals surface area contributed by atoms with E-state index in [-0.39, 0.29) is 45.8 Å². The number of aliphatic hydroxyl groups excluding tert-OH is 3. The third-order valence-corrected chi connectivity index (χ3v) is 9.43. The molecule has 0 bridgehead atoms. The van der Waals surface area contributed by atoms with Crippen molar-refractivity contribution >= 4 is 5.97 Å². The first-order chi connectivity index (χ1) is 33.8. The van der Waals surface area contributed by atoms with Crippen LogP contribution in [0.15, 0.2) is 0 Å². The van der Waals surface area contributed by atoms with E-state index in [1.54, 1.807) is 6.92 Å². The molecule has 0 heterocycles. The van der Waals surface area contributed by atoms with E-state index in [9.17, 15) is 9.90 Å². The van der Waals surface area contributed by atoms with Crippen LogP contribution in [0, 0.1) is 0 Å². The van der Waals surface area contributed by atoms with Crippen molar-refractivity contribution in [2.45, 2.75) is 389 Å². The van der Waals surface area contributed by atoms with E-state index in [1.807, 2.05) is 27.7 Å². The van der Waals surface area contributed by atoms with Gasteiger partial charge in [0, 0.05) is 40.7 Å². The molecule has 1 unspecified atom stereocenters. The van der Waals surface area contributed by atoms with Gasteiger partial charge in [0.05, 0.1) is 12.2 Å². The predicted octanol–water partition coefficient (Wildman–Crippen LogP) is 22.2. The van der Waals surface area contributed by atoms with Gasteiger partial charge >= 0.3 is 5.97 Å². The summed E-state index contributed by atoms with van der Waals surface area (Å²) in [6.45, 7) is 47.4.